The fourth-order valence-electron chi connectivity index (χ4n) is 3.86. The molecule has 1 N–H and O–H groups in total. The van der Waals surface area contributed by atoms with E-state index in [1.165, 1.54) is 12.1 Å². The molecule has 2 unspecified atom stereocenters. The molecule has 6 nitrogen and oxygen atoms in total. The molecule has 7 heteroatoms. The highest BCUT2D eigenvalue weighted by molar-refractivity contribution is 6.62. The molecule has 29 heavy (non-hydrogen) atoms. The molecule has 2 heterocycles. The van der Waals surface area contributed by atoms with Gasteiger partial charge in [0.2, 0.25) is 0 Å². The van der Waals surface area contributed by atoms with Gasteiger partial charge in [-0.15, -0.1) is 0 Å². The van der Waals surface area contributed by atoms with Crippen LogP contribution < -0.4 is 10.8 Å². The lowest BCUT2D eigenvalue weighted by Gasteiger charge is -2.32. The van der Waals surface area contributed by atoms with Crippen LogP contribution in [0.4, 0.5) is 5.69 Å². The molecule has 0 radical (unpaired) electrons. The number of rotatable bonds is 4. The summed E-state index contributed by atoms with van der Waals surface area (Å²) in [5, 5.41) is 12.5. The lowest BCUT2D eigenvalue weighted by molar-refractivity contribution is -0.384. The first kappa shape index (κ1) is 18.8. The van der Waals surface area contributed by atoms with E-state index in [-0.39, 0.29) is 29.0 Å². The standard InChI is InChI=1S/C22H27BN2O4/c1-21(2)22(3,4)29-23(28-21)17-9-5-15(6-10-17)19-13-14-20(24-19)16-7-11-18(12-8-16)25(26)27/h5-12,19-20,24H,13-14H2,1-4H3/i/hD. The predicted octanol–water partition coefficient (Wildman–Crippen LogP) is 4.06. The molecule has 2 aromatic rings. The summed E-state index contributed by atoms with van der Waals surface area (Å²) in [5.41, 5.74) is 2.30. The zero-order valence-electron chi connectivity index (χ0n) is 18.3. The fourth-order valence-corrected chi connectivity index (χ4v) is 3.86. The molecule has 0 aliphatic carbocycles. The normalized spacial score (nSPS) is 26.5. The van der Waals surface area contributed by atoms with Gasteiger partial charge in [0.25, 0.3) is 5.69 Å². The highest BCUT2D eigenvalue weighted by atomic mass is 16.7. The van der Waals surface area contributed by atoms with E-state index in [0.29, 0.717) is 0 Å². The maximum absolute atomic E-state index is 10.9. The SMILES string of the molecule is [2H]N1C(c2ccc(B3OC(C)(C)C(C)(C)O3)cc2)CCC1c1ccc([N+](=O)[O-])cc1. The number of hydrogen-bond acceptors (Lipinski definition) is 5. The van der Waals surface area contributed by atoms with Crippen LogP contribution in [0, 0.1) is 10.1 Å². The highest BCUT2D eigenvalue weighted by Crippen LogP contribution is 2.37. The Kier molecular flexibility index (Phi) is 4.69. The zero-order valence-corrected chi connectivity index (χ0v) is 17.3. The van der Waals surface area contributed by atoms with Crippen LogP contribution >= 0.6 is 0 Å². The first-order valence-corrected chi connectivity index (χ1v) is 10.1. The number of hydrogen-bond donors (Lipinski definition) is 1. The van der Waals surface area contributed by atoms with E-state index in [9.17, 15) is 10.1 Å². The lowest BCUT2D eigenvalue weighted by atomic mass is 9.78. The second-order valence-corrected chi connectivity index (χ2v) is 8.86. The molecule has 2 aliphatic rings. The Balaban J connectivity index is 1.47. The van der Waals surface area contributed by atoms with E-state index < -0.39 is 12.0 Å². The Hall–Kier alpha value is -2.22. The maximum Gasteiger partial charge on any atom is 0.494 e. The van der Waals surface area contributed by atoms with Crippen molar-refractivity contribution >= 4 is 18.3 Å². The van der Waals surface area contributed by atoms with Gasteiger partial charge in [-0.1, -0.05) is 36.4 Å². The van der Waals surface area contributed by atoms with Gasteiger partial charge in [-0.2, -0.15) is 0 Å². The third-order valence-corrected chi connectivity index (χ3v) is 6.41. The molecule has 0 aromatic heterocycles. The van der Waals surface area contributed by atoms with Crippen LogP contribution in [0.5, 0.6) is 0 Å². The number of nitrogens with one attached hydrogen (secondary N) is 1. The van der Waals surface area contributed by atoms with Gasteiger partial charge >= 0.3 is 7.12 Å². The number of non-ortho nitro benzene ring substituents is 1. The second kappa shape index (κ2) is 7.24. The number of nitrogens with zero attached hydrogens (tertiary/aromatic N) is 1. The molecule has 2 aliphatic heterocycles. The zero-order chi connectivity index (χ0) is 21.7. The molecule has 2 atom stereocenters. The summed E-state index contributed by atoms with van der Waals surface area (Å²) < 4.78 is 20.9. The van der Waals surface area contributed by atoms with Crippen molar-refractivity contribution in [3.8, 4) is 0 Å². The van der Waals surface area contributed by atoms with Crippen molar-refractivity contribution in [3.63, 3.8) is 0 Å². The predicted molar refractivity (Wildman–Crippen MR) is 113 cm³/mol. The molecule has 0 amide bonds. The van der Waals surface area contributed by atoms with E-state index in [1.807, 2.05) is 52.0 Å². The summed E-state index contributed by atoms with van der Waals surface area (Å²) in [6.45, 7) is 8.15. The molecular formula is C22H27BN2O4. The Morgan fingerprint density at radius 2 is 1.41 bits per heavy atom. The molecule has 2 aromatic carbocycles. The molecule has 0 bridgehead atoms. The average Bonchev–Trinajstić information content (AvgIpc) is 3.18. The van der Waals surface area contributed by atoms with Crippen molar-refractivity contribution in [1.29, 1.82) is 0 Å². The number of nitro groups is 1. The summed E-state index contributed by atoms with van der Waals surface area (Å²) in [6, 6.07) is 14.6. The number of benzene rings is 2. The summed E-state index contributed by atoms with van der Waals surface area (Å²) in [6.07, 6.45) is 1.70. The van der Waals surface area contributed by atoms with Crippen LogP contribution in [0.1, 0.15) is 63.7 Å². The minimum atomic E-state index is -0.402. The van der Waals surface area contributed by atoms with Gasteiger partial charge in [0.15, 0.2) is 0 Å². The fraction of sp³-hybridized carbons (Fsp3) is 0.455. The molecule has 152 valence electrons. The molecule has 4 rings (SSSR count). The largest absolute Gasteiger partial charge is 0.494 e. The lowest BCUT2D eigenvalue weighted by Crippen LogP contribution is -2.41. The summed E-state index contributed by atoms with van der Waals surface area (Å²) >= 11 is 0. The van der Waals surface area contributed by atoms with E-state index in [2.05, 4.69) is 0 Å². The van der Waals surface area contributed by atoms with Crippen LogP contribution in [-0.2, 0) is 9.31 Å². The van der Waals surface area contributed by atoms with E-state index >= 15 is 0 Å². The van der Waals surface area contributed by atoms with Gasteiger partial charge in [0.1, 0.15) is 1.41 Å². The van der Waals surface area contributed by atoms with Gasteiger partial charge in [0.05, 0.1) is 16.1 Å². The summed E-state index contributed by atoms with van der Waals surface area (Å²) in [7, 11) is -0.396. The number of nitro benzene ring substituents is 1. The third kappa shape index (κ3) is 3.82. The van der Waals surface area contributed by atoms with Crippen molar-refractivity contribution in [2.45, 2.75) is 63.8 Å². The minimum absolute atomic E-state index is 0.0162. The second-order valence-electron chi connectivity index (χ2n) is 8.86. The van der Waals surface area contributed by atoms with E-state index in [4.69, 9.17) is 10.7 Å². The van der Waals surface area contributed by atoms with E-state index in [1.54, 1.807) is 17.4 Å². The molecule has 2 saturated heterocycles. The summed E-state index contributed by atoms with van der Waals surface area (Å²) in [5.74, 6) is 0. The van der Waals surface area contributed by atoms with E-state index in [0.717, 1.165) is 29.4 Å². The van der Waals surface area contributed by atoms with Crippen LogP contribution in [0.3, 0.4) is 0 Å². The minimum Gasteiger partial charge on any atom is -0.399 e. The average molecular weight is 395 g/mol. The first-order valence-electron chi connectivity index (χ1n) is 10.5. The topological polar surface area (TPSA) is 73.6 Å². The maximum atomic E-state index is 10.9. The smallest absolute Gasteiger partial charge is 0.399 e. The van der Waals surface area contributed by atoms with Crippen molar-refractivity contribution in [2.75, 3.05) is 0 Å². The van der Waals surface area contributed by atoms with Gasteiger partial charge in [-0.3, -0.25) is 10.1 Å². The molecule has 0 saturated carbocycles. The molecular weight excluding hydrogens is 367 g/mol. The van der Waals surface area contributed by atoms with Gasteiger partial charge in [-0.25, -0.2) is 0 Å². The van der Waals surface area contributed by atoms with Crippen molar-refractivity contribution in [2.24, 2.45) is 0 Å². The third-order valence-electron chi connectivity index (χ3n) is 6.41. The monoisotopic (exact) mass is 395 g/mol. The Morgan fingerprint density at radius 1 is 0.966 bits per heavy atom. The Morgan fingerprint density at radius 3 is 1.86 bits per heavy atom. The molecule has 0 spiro atoms. The van der Waals surface area contributed by atoms with Gasteiger partial charge in [-0.05, 0) is 57.1 Å². The molecule has 2 fully saturated rings. The Bertz CT molecular complexity index is 917. The first-order chi connectivity index (χ1) is 14.1. The van der Waals surface area contributed by atoms with Crippen molar-refractivity contribution in [3.05, 3.63) is 69.8 Å². The van der Waals surface area contributed by atoms with Crippen LogP contribution in [0.15, 0.2) is 48.5 Å². The van der Waals surface area contributed by atoms with Gasteiger partial charge in [0, 0.05) is 24.2 Å². The van der Waals surface area contributed by atoms with Crippen LogP contribution in [0.2, 0.25) is 1.41 Å². The Labute approximate surface area is 173 Å². The van der Waals surface area contributed by atoms with Crippen molar-refractivity contribution < 1.29 is 15.6 Å². The quantitative estimate of drug-likeness (QED) is 0.480. The van der Waals surface area contributed by atoms with Crippen LogP contribution in [0.25, 0.3) is 0 Å². The highest BCUT2D eigenvalue weighted by Gasteiger charge is 2.51. The van der Waals surface area contributed by atoms with Gasteiger partial charge < -0.3 is 14.6 Å². The summed E-state index contributed by atoms with van der Waals surface area (Å²) in [4.78, 5) is 10.5. The van der Waals surface area contributed by atoms with Crippen molar-refractivity contribution in [1.82, 2.24) is 5.31 Å². The van der Waals surface area contributed by atoms with Crippen LogP contribution in [-0.4, -0.2) is 23.2 Å².